The molecule has 2 rings (SSSR count). The summed E-state index contributed by atoms with van der Waals surface area (Å²) in [5.41, 5.74) is 7.81. The van der Waals surface area contributed by atoms with Gasteiger partial charge < -0.3 is 15.6 Å². The molecule has 0 saturated heterocycles. The number of aliphatic carboxylic acids is 1. The van der Waals surface area contributed by atoms with Gasteiger partial charge >= 0.3 is 5.97 Å². The number of hydrogen-bond donors (Lipinski definition) is 4. The first-order chi connectivity index (χ1) is 11.5. The van der Waals surface area contributed by atoms with E-state index in [0.29, 0.717) is 5.56 Å². The van der Waals surface area contributed by atoms with Gasteiger partial charge in [0.1, 0.15) is 0 Å². The molecule has 0 aliphatic carbocycles. The lowest BCUT2D eigenvalue weighted by Gasteiger charge is -2.11. The first-order valence-corrected chi connectivity index (χ1v) is 6.75. The molecule has 2 aromatic rings. The Labute approximate surface area is 137 Å². The highest BCUT2D eigenvalue weighted by Gasteiger charge is 2.14. The quantitative estimate of drug-likeness (QED) is 0.221. The second-order valence-electron chi connectivity index (χ2n) is 4.56. The largest absolute Gasteiger partial charge is 0.476 e. The molecule has 6 nitrogen and oxygen atoms in total. The van der Waals surface area contributed by atoms with Crippen LogP contribution in [0.4, 0.5) is 4.39 Å². The molecule has 0 heterocycles. The minimum Gasteiger partial charge on any atom is -0.476 e. The number of ether oxygens (including phenoxy) is 1. The van der Waals surface area contributed by atoms with Gasteiger partial charge in [0.25, 0.3) is 0 Å². The van der Waals surface area contributed by atoms with Crippen LogP contribution in [0.2, 0.25) is 0 Å². The number of carboxylic acids is 1. The smallest absolute Gasteiger partial charge is 0.357 e. The molecule has 2 aromatic carbocycles. The molecule has 0 aromatic heterocycles. The minimum absolute atomic E-state index is 0.239. The highest BCUT2D eigenvalue weighted by molar-refractivity contribution is 5.85. The number of carboxylic acid groups (broad SMARTS) is 1. The van der Waals surface area contributed by atoms with Crippen molar-refractivity contribution in [1.29, 1.82) is 0 Å². The van der Waals surface area contributed by atoms with Gasteiger partial charge in [0.2, 0.25) is 5.88 Å². The summed E-state index contributed by atoms with van der Waals surface area (Å²) in [7, 11) is 0. The van der Waals surface area contributed by atoms with Gasteiger partial charge in [-0.25, -0.2) is 15.0 Å². The normalized spacial score (nSPS) is 10.9. The number of hydrogen-bond acceptors (Lipinski definition) is 5. The predicted molar refractivity (Wildman–Crippen MR) is 85.6 cm³/mol. The maximum atomic E-state index is 14.1. The summed E-state index contributed by atoms with van der Waals surface area (Å²) in [6, 6.07) is 13.2. The molecule has 0 unspecified atom stereocenters. The van der Waals surface area contributed by atoms with E-state index < -0.39 is 23.4 Å². The zero-order valence-corrected chi connectivity index (χ0v) is 12.4. The lowest BCUT2D eigenvalue weighted by Crippen LogP contribution is -2.31. The van der Waals surface area contributed by atoms with Crippen LogP contribution in [-0.4, -0.2) is 11.1 Å². The van der Waals surface area contributed by atoms with Crippen LogP contribution in [0.15, 0.2) is 60.1 Å². The van der Waals surface area contributed by atoms with Crippen molar-refractivity contribution in [3.05, 3.63) is 77.1 Å². The summed E-state index contributed by atoms with van der Waals surface area (Å²) in [5.74, 6) is 7.95. The Balaban J connectivity index is 2.23. The average molecular weight is 327 g/mol. The molecule has 24 heavy (non-hydrogen) atoms. The molecular formula is C17H14FN3O3. The number of nitrogens with two attached hydrogens (primary N) is 2. The van der Waals surface area contributed by atoms with Crippen molar-refractivity contribution in [2.75, 3.05) is 0 Å². The highest BCUT2D eigenvalue weighted by Crippen LogP contribution is 2.20. The molecule has 0 saturated carbocycles. The Kier molecular flexibility index (Phi) is 5.39. The van der Waals surface area contributed by atoms with Crippen LogP contribution in [0.5, 0.6) is 5.75 Å². The Morgan fingerprint density at radius 3 is 2.38 bits per heavy atom. The van der Waals surface area contributed by atoms with Crippen LogP contribution in [-0.2, 0) is 4.79 Å². The van der Waals surface area contributed by atoms with E-state index in [1.807, 2.05) is 35.8 Å². The molecule has 7 heteroatoms. The molecule has 0 spiro atoms. The third-order valence-electron chi connectivity index (χ3n) is 2.87. The van der Waals surface area contributed by atoms with Crippen LogP contribution in [0.1, 0.15) is 11.1 Å². The highest BCUT2D eigenvalue weighted by atomic mass is 19.1. The fourth-order valence-corrected chi connectivity index (χ4v) is 1.70. The van der Waals surface area contributed by atoms with Crippen molar-refractivity contribution in [1.82, 2.24) is 5.43 Å². The molecular weight excluding hydrogens is 313 g/mol. The van der Waals surface area contributed by atoms with Crippen molar-refractivity contribution < 1.29 is 19.0 Å². The molecule has 0 aliphatic heterocycles. The Morgan fingerprint density at radius 1 is 1.12 bits per heavy atom. The van der Waals surface area contributed by atoms with E-state index >= 15 is 0 Å². The number of rotatable bonds is 4. The Hall–Kier alpha value is -3.50. The molecule has 122 valence electrons. The number of hydrazine groups is 1. The Morgan fingerprint density at radius 2 is 1.79 bits per heavy atom. The van der Waals surface area contributed by atoms with Crippen molar-refractivity contribution >= 4 is 5.97 Å². The molecule has 0 bridgehead atoms. The monoisotopic (exact) mass is 327 g/mol. The summed E-state index contributed by atoms with van der Waals surface area (Å²) in [4.78, 5) is 10.8. The van der Waals surface area contributed by atoms with Crippen LogP contribution in [0.25, 0.3) is 0 Å². The zero-order valence-electron chi connectivity index (χ0n) is 12.4. The second kappa shape index (κ2) is 7.67. The SMILES string of the molecule is NN/C(Oc1ccc(C#Cc2ccccc2)cc1F)=C(\N)C(=O)O. The van der Waals surface area contributed by atoms with Crippen LogP contribution in [0, 0.1) is 17.7 Å². The van der Waals surface area contributed by atoms with E-state index in [-0.39, 0.29) is 5.75 Å². The molecule has 0 radical (unpaired) electrons. The summed E-state index contributed by atoms with van der Waals surface area (Å²) < 4.78 is 19.1. The molecule has 0 aliphatic rings. The number of carbonyl (C=O) groups is 1. The third-order valence-corrected chi connectivity index (χ3v) is 2.87. The summed E-state index contributed by atoms with van der Waals surface area (Å²) in [6.07, 6.45) is 0. The molecule has 6 N–H and O–H groups in total. The van der Waals surface area contributed by atoms with Crippen molar-refractivity contribution in [2.45, 2.75) is 0 Å². The van der Waals surface area contributed by atoms with Gasteiger partial charge in [-0.15, -0.1) is 0 Å². The topological polar surface area (TPSA) is 111 Å². The van der Waals surface area contributed by atoms with Crippen LogP contribution >= 0.6 is 0 Å². The van der Waals surface area contributed by atoms with Gasteiger partial charge in [0, 0.05) is 11.1 Å². The summed E-state index contributed by atoms with van der Waals surface area (Å²) >= 11 is 0. The van der Waals surface area contributed by atoms with Crippen molar-refractivity contribution in [3.8, 4) is 17.6 Å². The van der Waals surface area contributed by atoms with Crippen LogP contribution < -0.4 is 21.7 Å². The lowest BCUT2D eigenvalue weighted by molar-refractivity contribution is -0.132. The van der Waals surface area contributed by atoms with E-state index in [9.17, 15) is 9.18 Å². The van der Waals surface area contributed by atoms with Gasteiger partial charge in [0.05, 0.1) is 0 Å². The second-order valence-corrected chi connectivity index (χ2v) is 4.56. The fraction of sp³-hybridized carbons (Fsp3) is 0. The van der Waals surface area contributed by atoms with E-state index in [0.717, 1.165) is 11.6 Å². The first-order valence-electron chi connectivity index (χ1n) is 6.75. The maximum Gasteiger partial charge on any atom is 0.357 e. The first kappa shape index (κ1) is 16.9. The number of benzene rings is 2. The predicted octanol–water partition coefficient (Wildman–Crippen LogP) is 1.28. The zero-order chi connectivity index (χ0) is 17.5. The van der Waals surface area contributed by atoms with E-state index in [1.165, 1.54) is 12.1 Å². The van der Waals surface area contributed by atoms with Gasteiger partial charge in [-0.3, -0.25) is 5.43 Å². The van der Waals surface area contributed by atoms with Gasteiger partial charge in [0.15, 0.2) is 17.3 Å². The van der Waals surface area contributed by atoms with Crippen molar-refractivity contribution in [2.24, 2.45) is 11.6 Å². The van der Waals surface area contributed by atoms with E-state index in [4.69, 9.17) is 21.4 Å². The Bertz CT molecular complexity index is 839. The lowest BCUT2D eigenvalue weighted by atomic mass is 10.2. The minimum atomic E-state index is -1.45. The molecule has 0 fully saturated rings. The van der Waals surface area contributed by atoms with Crippen LogP contribution in [0.3, 0.4) is 0 Å². The van der Waals surface area contributed by atoms with Gasteiger partial charge in [-0.05, 0) is 30.3 Å². The van der Waals surface area contributed by atoms with E-state index in [2.05, 4.69) is 11.8 Å². The molecule has 0 amide bonds. The summed E-state index contributed by atoms with van der Waals surface area (Å²) in [5, 5.41) is 8.78. The standard InChI is InChI=1S/C17H14FN3O3/c18-13-10-12(7-6-11-4-2-1-3-5-11)8-9-14(13)24-16(21-20)15(19)17(22)23/h1-5,8-10,21H,19-20H2,(H,22,23)/b16-15+. The van der Waals surface area contributed by atoms with E-state index in [1.54, 1.807) is 0 Å². The number of halogens is 1. The summed E-state index contributed by atoms with van der Waals surface area (Å²) in [6.45, 7) is 0. The third kappa shape index (κ3) is 4.25. The molecule has 0 atom stereocenters. The average Bonchev–Trinajstić information content (AvgIpc) is 2.59. The fourth-order valence-electron chi connectivity index (χ4n) is 1.70. The van der Waals surface area contributed by atoms with Gasteiger partial charge in [-0.1, -0.05) is 30.0 Å². The maximum absolute atomic E-state index is 14.1. The van der Waals surface area contributed by atoms with Gasteiger partial charge in [-0.2, -0.15) is 0 Å². The number of nitrogens with one attached hydrogen (secondary N) is 1. The van der Waals surface area contributed by atoms with Crippen molar-refractivity contribution in [3.63, 3.8) is 0 Å².